The number of anilines is 2. The van der Waals surface area contributed by atoms with Crippen molar-refractivity contribution in [3.63, 3.8) is 0 Å². The first-order chi connectivity index (χ1) is 27.7. The normalized spacial score (nSPS) is 12.6. The Hall–Kier alpha value is -7.43. The highest BCUT2D eigenvalue weighted by atomic mass is 15.2. The number of hydrogen-bond acceptors (Lipinski definition) is 4. The fraction of sp³-hybridized carbons (Fsp3) is 0.0192. The molecule has 4 nitrogen and oxygen atoms in total. The van der Waals surface area contributed by atoms with Crippen LogP contribution in [0.25, 0.3) is 83.2 Å². The van der Waals surface area contributed by atoms with E-state index in [1.807, 2.05) is 30.3 Å². The van der Waals surface area contributed by atoms with Gasteiger partial charge in [-0.2, -0.15) is 0 Å². The van der Waals surface area contributed by atoms with E-state index < -0.39 is 0 Å². The predicted octanol–water partition coefficient (Wildman–Crippen LogP) is 13.6. The quantitative estimate of drug-likeness (QED) is 0.161. The fourth-order valence-electron chi connectivity index (χ4n) is 8.22. The van der Waals surface area contributed by atoms with E-state index in [1.54, 1.807) is 0 Å². The maximum absolute atomic E-state index is 5.26. The number of benzene rings is 8. The third kappa shape index (κ3) is 5.50. The second kappa shape index (κ2) is 13.8. The van der Waals surface area contributed by atoms with Crippen LogP contribution in [0.3, 0.4) is 0 Å². The minimum atomic E-state index is 0.610. The van der Waals surface area contributed by atoms with E-state index in [4.69, 9.17) is 15.0 Å². The molecule has 56 heavy (non-hydrogen) atoms. The number of aromatic nitrogens is 3. The van der Waals surface area contributed by atoms with E-state index in [0.717, 1.165) is 56.0 Å². The van der Waals surface area contributed by atoms with Gasteiger partial charge >= 0.3 is 0 Å². The zero-order chi connectivity index (χ0) is 37.6. The molecule has 0 saturated heterocycles. The molecule has 4 heteroatoms. The molecular formula is C52H36N4. The van der Waals surface area contributed by atoms with Gasteiger partial charge in [-0.05, 0) is 92.8 Å². The lowest BCUT2D eigenvalue weighted by Gasteiger charge is -2.28. The number of rotatable bonds is 6. The van der Waals surface area contributed by atoms with Crippen molar-refractivity contribution in [2.45, 2.75) is 6.92 Å². The van der Waals surface area contributed by atoms with Gasteiger partial charge in [0, 0.05) is 33.5 Å². The second-order valence-corrected chi connectivity index (χ2v) is 14.0. The van der Waals surface area contributed by atoms with E-state index in [9.17, 15) is 0 Å². The summed E-state index contributed by atoms with van der Waals surface area (Å²) in [5.41, 5.74) is 10.3. The lowest BCUT2D eigenvalue weighted by Crippen LogP contribution is -2.16. The summed E-state index contributed by atoms with van der Waals surface area (Å²) in [5, 5.41) is 7.30. The van der Waals surface area contributed by atoms with Crippen LogP contribution >= 0.6 is 0 Å². The van der Waals surface area contributed by atoms with Crippen LogP contribution in [0.4, 0.5) is 11.4 Å². The summed E-state index contributed by atoms with van der Waals surface area (Å²) in [6, 6.07) is 59.7. The summed E-state index contributed by atoms with van der Waals surface area (Å²) in [7, 11) is 0. The first-order valence-corrected chi connectivity index (χ1v) is 18.9. The van der Waals surface area contributed by atoms with Crippen molar-refractivity contribution in [1.82, 2.24) is 15.0 Å². The predicted molar refractivity (Wildman–Crippen MR) is 235 cm³/mol. The molecule has 0 radical (unpaired) electrons. The molecule has 9 aromatic rings. The molecule has 0 amide bonds. The fourth-order valence-corrected chi connectivity index (χ4v) is 8.22. The summed E-state index contributed by atoms with van der Waals surface area (Å²) in [4.78, 5) is 17.9. The molecule has 264 valence electrons. The molecule has 0 fully saturated rings. The summed E-state index contributed by atoms with van der Waals surface area (Å²) >= 11 is 0. The molecule has 1 aromatic heterocycles. The minimum Gasteiger partial charge on any atom is -0.309 e. The average Bonchev–Trinajstić information content (AvgIpc) is 3.39. The Morgan fingerprint density at radius 1 is 0.446 bits per heavy atom. The number of para-hydroxylation sites is 1. The zero-order valence-electron chi connectivity index (χ0n) is 30.9. The van der Waals surface area contributed by atoms with E-state index in [0.29, 0.717) is 17.5 Å². The summed E-state index contributed by atoms with van der Waals surface area (Å²) in [6.45, 7) is 6.37. The molecule has 1 aliphatic heterocycles. The Balaban J connectivity index is 1.21. The van der Waals surface area contributed by atoms with Gasteiger partial charge in [0.15, 0.2) is 17.5 Å². The van der Waals surface area contributed by atoms with Crippen molar-refractivity contribution in [2.75, 3.05) is 4.90 Å². The van der Waals surface area contributed by atoms with Gasteiger partial charge in [-0.1, -0.05) is 152 Å². The monoisotopic (exact) mass is 716 g/mol. The minimum absolute atomic E-state index is 0.610. The van der Waals surface area contributed by atoms with Gasteiger partial charge in [0.1, 0.15) is 0 Å². The summed E-state index contributed by atoms with van der Waals surface area (Å²) < 4.78 is 0. The van der Waals surface area contributed by atoms with Crippen molar-refractivity contribution in [3.8, 4) is 45.3 Å². The van der Waals surface area contributed by atoms with Crippen molar-refractivity contribution >= 4 is 49.3 Å². The van der Waals surface area contributed by atoms with Gasteiger partial charge in [-0.3, -0.25) is 0 Å². The highest BCUT2D eigenvalue weighted by Gasteiger charge is 2.27. The smallest absolute Gasteiger partial charge is 0.164 e. The number of nitrogens with zero attached hydrogens (tertiary/aromatic N) is 4. The first-order valence-electron chi connectivity index (χ1n) is 18.9. The van der Waals surface area contributed by atoms with Gasteiger partial charge in [0.05, 0.1) is 11.4 Å². The van der Waals surface area contributed by atoms with Crippen LogP contribution in [0.5, 0.6) is 0 Å². The molecular weight excluding hydrogens is 681 g/mol. The third-order valence-electron chi connectivity index (χ3n) is 10.7. The molecule has 1 aliphatic rings. The van der Waals surface area contributed by atoms with Gasteiger partial charge in [-0.25, -0.2) is 15.0 Å². The molecule has 10 rings (SSSR count). The van der Waals surface area contributed by atoms with Gasteiger partial charge < -0.3 is 4.90 Å². The van der Waals surface area contributed by atoms with Crippen molar-refractivity contribution in [2.24, 2.45) is 0 Å². The van der Waals surface area contributed by atoms with Crippen molar-refractivity contribution < 1.29 is 0 Å². The molecule has 0 aliphatic carbocycles. The van der Waals surface area contributed by atoms with E-state index >= 15 is 0 Å². The third-order valence-corrected chi connectivity index (χ3v) is 10.7. The largest absolute Gasteiger partial charge is 0.309 e. The van der Waals surface area contributed by atoms with Crippen LogP contribution in [-0.2, 0) is 0 Å². The molecule has 0 bridgehead atoms. The van der Waals surface area contributed by atoms with E-state index in [-0.39, 0.29) is 0 Å². The standard InChI is InChI=1S/C52H36N4/c1-3-17-45-41-25-14-16-27-43(41)47-33-36(29-31-49(47)56(48(45)4-2)37-20-9-6-10-21-37)52-54-50(34-18-7-5-8-19-34)53-51(55-52)35-28-30-44-40-24-12-11-22-38(40)39-23-13-15-26-42(39)46(44)32-35/h3-33H,2H2,1H3/b17-3-. The number of fused-ring (bicyclic) bond motifs is 9. The molecule has 0 N–H and O–H groups in total. The Labute approximate surface area is 326 Å². The van der Waals surface area contributed by atoms with Crippen LogP contribution < -0.4 is 4.90 Å². The maximum Gasteiger partial charge on any atom is 0.164 e. The van der Waals surface area contributed by atoms with E-state index in [2.05, 4.69) is 176 Å². The average molecular weight is 717 g/mol. The molecule has 2 heterocycles. The first kappa shape index (κ1) is 33.2. The second-order valence-electron chi connectivity index (χ2n) is 14.0. The van der Waals surface area contributed by atoms with Crippen LogP contribution in [0.2, 0.25) is 0 Å². The Morgan fingerprint density at radius 2 is 0.946 bits per heavy atom. The Bertz CT molecular complexity index is 3020. The van der Waals surface area contributed by atoms with Gasteiger partial charge in [-0.15, -0.1) is 0 Å². The number of allylic oxidation sites excluding steroid dienone is 4. The number of hydrogen-bond donors (Lipinski definition) is 0. The Kier molecular flexibility index (Phi) is 8.15. The lowest BCUT2D eigenvalue weighted by molar-refractivity contribution is 1.07. The van der Waals surface area contributed by atoms with Crippen LogP contribution in [0.1, 0.15) is 12.5 Å². The maximum atomic E-state index is 5.26. The summed E-state index contributed by atoms with van der Waals surface area (Å²) in [6.07, 6.45) is 6.23. The lowest BCUT2D eigenvalue weighted by atomic mass is 9.93. The molecule has 8 aromatic carbocycles. The SMILES string of the molecule is C=CC1=C(/C=C\C)c2ccccc2-c2cc(-c3nc(-c4ccccc4)nc(-c4ccc5c6ccccc6c6ccccc6c5c4)n3)ccc2N1c1ccccc1. The summed E-state index contributed by atoms with van der Waals surface area (Å²) in [5.74, 6) is 1.86. The van der Waals surface area contributed by atoms with Crippen LogP contribution in [0.15, 0.2) is 200 Å². The van der Waals surface area contributed by atoms with Gasteiger partial charge in [0.25, 0.3) is 0 Å². The zero-order valence-corrected chi connectivity index (χ0v) is 30.9. The van der Waals surface area contributed by atoms with Crippen molar-refractivity contribution in [3.05, 3.63) is 206 Å². The van der Waals surface area contributed by atoms with Crippen LogP contribution in [0, 0.1) is 0 Å². The van der Waals surface area contributed by atoms with Gasteiger partial charge in [0.2, 0.25) is 0 Å². The Morgan fingerprint density at radius 3 is 1.57 bits per heavy atom. The van der Waals surface area contributed by atoms with Crippen LogP contribution in [-0.4, -0.2) is 15.0 Å². The molecule has 0 unspecified atom stereocenters. The van der Waals surface area contributed by atoms with E-state index in [1.165, 1.54) is 32.3 Å². The highest BCUT2D eigenvalue weighted by molar-refractivity contribution is 6.25. The molecule has 0 atom stereocenters. The molecule has 0 saturated carbocycles. The highest BCUT2D eigenvalue weighted by Crippen LogP contribution is 2.47. The van der Waals surface area contributed by atoms with Crippen molar-refractivity contribution in [1.29, 1.82) is 0 Å². The topological polar surface area (TPSA) is 41.9 Å². The molecule has 0 spiro atoms.